The molecule has 0 radical (unpaired) electrons. The first-order chi connectivity index (χ1) is 13.4. The topological polar surface area (TPSA) is 78.1 Å². The van der Waals surface area contributed by atoms with E-state index in [0.717, 1.165) is 23.4 Å². The highest BCUT2D eigenvalue weighted by atomic mass is 16.5. The summed E-state index contributed by atoms with van der Waals surface area (Å²) in [5.74, 6) is 1.30. The zero-order chi connectivity index (χ0) is 19.8. The van der Waals surface area contributed by atoms with Gasteiger partial charge in [-0.2, -0.15) is 5.10 Å². The molecule has 1 saturated carbocycles. The van der Waals surface area contributed by atoms with Crippen LogP contribution in [0.2, 0.25) is 0 Å². The third-order valence-electron chi connectivity index (χ3n) is 5.14. The van der Waals surface area contributed by atoms with E-state index < -0.39 is 0 Å². The van der Waals surface area contributed by atoms with Crippen LogP contribution in [-0.2, 0) is 14.1 Å². The minimum absolute atomic E-state index is 0.188. The number of hydrogen-bond donors (Lipinski definition) is 0. The van der Waals surface area contributed by atoms with Gasteiger partial charge in [-0.1, -0.05) is 6.07 Å². The van der Waals surface area contributed by atoms with Crippen LogP contribution in [0.3, 0.4) is 0 Å². The van der Waals surface area contributed by atoms with E-state index in [-0.39, 0.29) is 5.56 Å². The quantitative estimate of drug-likeness (QED) is 0.652. The molecule has 2 atom stereocenters. The lowest BCUT2D eigenvalue weighted by Gasteiger charge is -2.17. The highest BCUT2D eigenvalue weighted by Gasteiger charge is 2.40. The predicted molar refractivity (Wildman–Crippen MR) is 106 cm³/mol. The van der Waals surface area contributed by atoms with E-state index in [0.29, 0.717) is 30.0 Å². The van der Waals surface area contributed by atoms with Gasteiger partial charge in [0.15, 0.2) is 0 Å². The van der Waals surface area contributed by atoms with Crippen LogP contribution in [0.5, 0.6) is 5.88 Å². The second-order valence-corrected chi connectivity index (χ2v) is 7.40. The summed E-state index contributed by atoms with van der Waals surface area (Å²) >= 11 is 0. The van der Waals surface area contributed by atoms with Crippen LogP contribution in [0.4, 0.5) is 11.4 Å². The first-order valence-corrected chi connectivity index (χ1v) is 9.28. The maximum absolute atomic E-state index is 12.5. The second kappa shape index (κ2) is 7.10. The first kappa shape index (κ1) is 18.2. The number of ether oxygens (including phenoxy) is 1. The summed E-state index contributed by atoms with van der Waals surface area (Å²) in [5, 5.41) is 8.40. The van der Waals surface area contributed by atoms with Crippen LogP contribution in [-0.4, -0.2) is 38.2 Å². The molecular weight excluding hydrogens is 356 g/mol. The Hall–Kier alpha value is -3.16. The van der Waals surface area contributed by atoms with E-state index in [2.05, 4.69) is 27.3 Å². The van der Waals surface area contributed by atoms with Crippen molar-refractivity contribution in [2.24, 2.45) is 20.0 Å². The maximum atomic E-state index is 12.5. The highest BCUT2D eigenvalue weighted by molar-refractivity contribution is 5.60. The molecule has 0 bridgehead atoms. The number of nitrogens with zero attached hydrogens (tertiary/aromatic N) is 6. The molecule has 0 amide bonds. The van der Waals surface area contributed by atoms with Crippen molar-refractivity contribution in [2.45, 2.75) is 19.3 Å². The first-order valence-electron chi connectivity index (χ1n) is 9.28. The normalized spacial score (nSPS) is 18.1. The second-order valence-electron chi connectivity index (χ2n) is 7.40. The van der Waals surface area contributed by atoms with Gasteiger partial charge in [0.05, 0.1) is 18.5 Å². The summed E-state index contributed by atoms with van der Waals surface area (Å²) in [6.07, 6.45) is 6.53. The molecule has 3 aromatic heterocycles. The lowest BCUT2D eigenvalue weighted by atomic mass is 10.2. The lowest BCUT2D eigenvalue weighted by Crippen LogP contribution is -2.27. The molecule has 0 aliphatic heterocycles. The summed E-state index contributed by atoms with van der Waals surface area (Å²) in [4.78, 5) is 18.8. The van der Waals surface area contributed by atoms with Crippen molar-refractivity contribution in [2.75, 3.05) is 18.6 Å². The largest absolute Gasteiger partial charge is 0.476 e. The van der Waals surface area contributed by atoms with E-state index in [9.17, 15) is 4.79 Å². The average molecular weight is 380 g/mol. The van der Waals surface area contributed by atoms with Gasteiger partial charge in [-0.3, -0.25) is 14.5 Å². The summed E-state index contributed by atoms with van der Waals surface area (Å²) < 4.78 is 8.93. The van der Waals surface area contributed by atoms with Gasteiger partial charge in [-0.15, -0.1) is 5.10 Å². The molecule has 8 heteroatoms. The minimum Gasteiger partial charge on any atom is -0.476 e. The van der Waals surface area contributed by atoms with Crippen LogP contribution in [0.1, 0.15) is 23.6 Å². The number of rotatable bonds is 6. The van der Waals surface area contributed by atoms with Gasteiger partial charge in [-0.05, 0) is 25.0 Å². The SMILES string of the molecule is Cc1ccc([C@H]2C[C@@H]2COc2cc(N(C)c3cnn(C)c3)c(=O)n(C)n2)nc1. The summed E-state index contributed by atoms with van der Waals surface area (Å²) in [6.45, 7) is 2.59. The zero-order valence-electron chi connectivity index (χ0n) is 16.5. The van der Waals surface area contributed by atoms with Crippen molar-refractivity contribution in [3.63, 3.8) is 0 Å². The van der Waals surface area contributed by atoms with Gasteiger partial charge < -0.3 is 9.64 Å². The van der Waals surface area contributed by atoms with E-state index in [1.54, 1.807) is 28.9 Å². The van der Waals surface area contributed by atoms with Crippen molar-refractivity contribution in [1.29, 1.82) is 0 Å². The third kappa shape index (κ3) is 3.62. The molecule has 1 aliphatic rings. The fourth-order valence-electron chi connectivity index (χ4n) is 3.28. The Morgan fingerprint density at radius 3 is 2.79 bits per heavy atom. The number of pyridine rings is 1. The molecule has 28 heavy (non-hydrogen) atoms. The Morgan fingerprint density at radius 2 is 2.11 bits per heavy atom. The highest BCUT2D eigenvalue weighted by Crippen LogP contribution is 2.46. The molecule has 8 nitrogen and oxygen atoms in total. The minimum atomic E-state index is -0.188. The van der Waals surface area contributed by atoms with Crippen molar-refractivity contribution < 1.29 is 4.74 Å². The molecular formula is C20H24N6O2. The molecule has 0 aromatic carbocycles. The Kier molecular flexibility index (Phi) is 4.62. The molecule has 3 aromatic rings. The number of aryl methyl sites for hydroxylation is 3. The Bertz CT molecular complexity index is 1040. The standard InChI is InChI=1S/C20H24N6O2/c1-13-5-6-17(21-9-13)16-7-14(16)12-28-19-8-18(20(27)26(4)23-19)25(3)15-10-22-24(2)11-15/h5-6,8-11,14,16H,7,12H2,1-4H3/t14-,16+/m1/s1. The van der Waals surface area contributed by atoms with Crippen LogP contribution in [0.25, 0.3) is 0 Å². The fourth-order valence-corrected chi connectivity index (χ4v) is 3.28. The Labute approximate surface area is 163 Å². The molecule has 1 aliphatic carbocycles. The molecule has 4 rings (SSSR count). The molecule has 3 heterocycles. The number of hydrogen-bond acceptors (Lipinski definition) is 6. The van der Waals surface area contributed by atoms with Crippen molar-refractivity contribution in [3.8, 4) is 5.88 Å². The maximum Gasteiger partial charge on any atom is 0.290 e. The molecule has 146 valence electrons. The Balaban J connectivity index is 1.46. The number of aromatic nitrogens is 5. The van der Waals surface area contributed by atoms with Crippen LogP contribution >= 0.6 is 0 Å². The van der Waals surface area contributed by atoms with E-state index in [4.69, 9.17) is 4.74 Å². The summed E-state index contributed by atoms with van der Waals surface area (Å²) in [6, 6.07) is 5.87. The van der Waals surface area contributed by atoms with Crippen LogP contribution in [0, 0.1) is 12.8 Å². The zero-order valence-corrected chi connectivity index (χ0v) is 16.5. The van der Waals surface area contributed by atoms with E-state index >= 15 is 0 Å². The van der Waals surface area contributed by atoms with Gasteiger partial charge in [0.2, 0.25) is 5.88 Å². The molecule has 1 fully saturated rings. The summed E-state index contributed by atoms with van der Waals surface area (Å²) in [7, 11) is 5.30. The molecule has 0 unspecified atom stereocenters. The lowest BCUT2D eigenvalue weighted by molar-refractivity contribution is 0.278. The molecule has 0 spiro atoms. The smallest absolute Gasteiger partial charge is 0.290 e. The molecule has 0 saturated heterocycles. The van der Waals surface area contributed by atoms with Gasteiger partial charge in [-0.25, -0.2) is 4.68 Å². The predicted octanol–water partition coefficient (Wildman–Crippen LogP) is 2.17. The van der Waals surface area contributed by atoms with Crippen molar-refractivity contribution in [1.82, 2.24) is 24.5 Å². The Morgan fingerprint density at radius 1 is 1.29 bits per heavy atom. The number of anilines is 2. The van der Waals surface area contributed by atoms with Gasteiger partial charge in [0.25, 0.3) is 5.56 Å². The molecule has 0 N–H and O–H groups in total. The van der Waals surface area contributed by atoms with Gasteiger partial charge >= 0.3 is 0 Å². The van der Waals surface area contributed by atoms with E-state index in [1.165, 1.54) is 4.68 Å². The average Bonchev–Trinajstić information content (AvgIpc) is 3.33. The third-order valence-corrected chi connectivity index (χ3v) is 5.14. The van der Waals surface area contributed by atoms with Crippen LogP contribution in [0.15, 0.2) is 41.6 Å². The van der Waals surface area contributed by atoms with Crippen molar-refractivity contribution in [3.05, 3.63) is 58.4 Å². The van der Waals surface area contributed by atoms with Crippen molar-refractivity contribution >= 4 is 11.4 Å². The summed E-state index contributed by atoms with van der Waals surface area (Å²) in [5.41, 5.74) is 3.41. The van der Waals surface area contributed by atoms with E-state index in [1.807, 2.05) is 33.4 Å². The van der Waals surface area contributed by atoms with Gasteiger partial charge in [0, 0.05) is 57.1 Å². The fraction of sp³-hybridized carbons (Fsp3) is 0.400. The van der Waals surface area contributed by atoms with Crippen LogP contribution < -0.4 is 15.2 Å². The monoisotopic (exact) mass is 380 g/mol. The van der Waals surface area contributed by atoms with Gasteiger partial charge in [0.1, 0.15) is 5.69 Å².